The summed E-state index contributed by atoms with van der Waals surface area (Å²) in [5, 5.41) is 4.35. The van der Waals surface area contributed by atoms with Gasteiger partial charge in [0, 0.05) is 12.2 Å². The van der Waals surface area contributed by atoms with E-state index in [1.54, 1.807) is 17.4 Å². The van der Waals surface area contributed by atoms with E-state index < -0.39 is 18.0 Å². The van der Waals surface area contributed by atoms with Crippen molar-refractivity contribution in [3.63, 3.8) is 0 Å². The van der Waals surface area contributed by atoms with E-state index in [0.717, 1.165) is 11.1 Å². The lowest BCUT2D eigenvalue weighted by atomic mass is 10.1. The van der Waals surface area contributed by atoms with E-state index in [1.807, 2.05) is 26.0 Å². The van der Waals surface area contributed by atoms with Gasteiger partial charge in [-0.2, -0.15) is 13.2 Å². The molecule has 0 aliphatic heterocycles. The minimum Gasteiger partial charge on any atom is -0.484 e. The summed E-state index contributed by atoms with van der Waals surface area (Å²) < 4.78 is 42.7. The molecule has 144 valence electrons. The second-order valence-corrected chi connectivity index (χ2v) is 5.94. The highest BCUT2D eigenvalue weighted by Gasteiger charge is 2.38. The Bertz CT molecular complexity index is 835. The molecule has 2 aromatic carbocycles. The zero-order valence-corrected chi connectivity index (χ0v) is 14.8. The summed E-state index contributed by atoms with van der Waals surface area (Å²) in [5.74, 6) is -1.93. The number of rotatable bonds is 6. The van der Waals surface area contributed by atoms with Crippen molar-refractivity contribution >= 4 is 17.5 Å². The van der Waals surface area contributed by atoms with Crippen LogP contribution in [0.2, 0.25) is 0 Å². The van der Waals surface area contributed by atoms with Crippen molar-refractivity contribution in [3.05, 3.63) is 59.2 Å². The van der Waals surface area contributed by atoms with Crippen LogP contribution in [0.25, 0.3) is 0 Å². The molecule has 2 amide bonds. The Kier molecular flexibility index (Phi) is 6.44. The van der Waals surface area contributed by atoms with Crippen LogP contribution < -0.4 is 15.4 Å². The van der Waals surface area contributed by atoms with Gasteiger partial charge in [-0.05, 0) is 37.1 Å². The van der Waals surface area contributed by atoms with Gasteiger partial charge in [-0.1, -0.05) is 35.9 Å². The molecule has 0 saturated carbocycles. The summed E-state index contributed by atoms with van der Waals surface area (Å²) in [7, 11) is 0. The van der Waals surface area contributed by atoms with Crippen LogP contribution in [0.1, 0.15) is 16.7 Å². The number of anilines is 1. The molecule has 8 heteroatoms. The van der Waals surface area contributed by atoms with E-state index in [2.05, 4.69) is 5.32 Å². The molecule has 0 saturated heterocycles. The summed E-state index contributed by atoms with van der Waals surface area (Å²) in [6.07, 6.45) is -4.99. The topological polar surface area (TPSA) is 67.4 Å². The number of carbonyl (C=O) groups is 2. The molecule has 2 N–H and O–H groups in total. The Labute approximate surface area is 154 Å². The smallest absolute Gasteiger partial charge is 0.471 e. The van der Waals surface area contributed by atoms with Crippen LogP contribution in [0.5, 0.6) is 5.75 Å². The van der Waals surface area contributed by atoms with Gasteiger partial charge in [0.2, 0.25) is 0 Å². The number of halogens is 3. The minimum atomic E-state index is -4.99. The predicted octanol–water partition coefficient (Wildman–Crippen LogP) is 3.50. The maximum absolute atomic E-state index is 12.4. The molecule has 2 rings (SSSR count). The number of aryl methyl sites for hydroxylation is 2. The summed E-state index contributed by atoms with van der Waals surface area (Å²) in [4.78, 5) is 23.1. The Morgan fingerprint density at radius 1 is 1.07 bits per heavy atom. The van der Waals surface area contributed by atoms with E-state index in [1.165, 1.54) is 18.2 Å². The summed E-state index contributed by atoms with van der Waals surface area (Å²) in [5.41, 5.74) is 2.29. The van der Waals surface area contributed by atoms with Gasteiger partial charge in [0.1, 0.15) is 5.75 Å². The standard InChI is InChI=1S/C19H19F3N2O3/c1-12-7-8-16(13(2)9-12)27-11-17(25)23-10-14-5-3-4-6-15(14)24-18(26)19(20,21)22/h3-9H,10-11H2,1-2H3,(H,23,25)(H,24,26). The second kappa shape index (κ2) is 8.57. The van der Waals surface area contributed by atoms with Crippen molar-refractivity contribution in [2.24, 2.45) is 0 Å². The minimum absolute atomic E-state index is 0.0181. The van der Waals surface area contributed by atoms with Crippen LogP contribution in [-0.2, 0) is 16.1 Å². The number of hydrogen-bond donors (Lipinski definition) is 2. The Hall–Kier alpha value is -3.03. The van der Waals surface area contributed by atoms with Gasteiger partial charge in [0.05, 0.1) is 0 Å². The fourth-order valence-electron chi connectivity index (χ4n) is 2.34. The van der Waals surface area contributed by atoms with Gasteiger partial charge in [-0.25, -0.2) is 0 Å². The van der Waals surface area contributed by atoms with Gasteiger partial charge < -0.3 is 15.4 Å². The van der Waals surface area contributed by atoms with Crippen molar-refractivity contribution in [2.45, 2.75) is 26.6 Å². The summed E-state index contributed by atoms with van der Waals surface area (Å²) >= 11 is 0. The largest absolute Gasteiger partial charge is 0.484 e. The quantitative estimate of drug-likeness (QED) is 0.806. The van der Waals surface area contributed by atoms with Crippen LogP contribution in [0.15, 0.2) is 42.5 Å². The van der Waals surface area contributed by atoms with E-state index in [-0.39, 0.29) is 18.8 Å². The normalized spacial score (nSPS) is 11.0. The number of amides is 2. The molecular formula is C19H19F3N2O3. The van der Waals surface area contributed by atoms with E-state index in [0.29, 0.717) is 11.3 Å². The van der Waals surface area contributed by atoms with Crippen molar-refractivity contribution in [2.75, 3.05) is 11.9 Å². The lowest BCUT2D eigenvalue weighted by Gasteiger charge is -2.14. The maximum atomic E-state index is 12.4. The molecule has 0 heterocycles. The van der Waals surface area contributed by atoms with Gasteiger partial charge in [0.15, 0.2) is 6.61 Å². The number of alkyl halides is 3. The molecule has 0 unspecified atom stereocenters. The molecular weight excluding hydrogens is 361 g/mol. The third-order valence-electron chi connectivity index (χ3n) is 3.69. The highest BCUT2D eigenvalue weighted by atomic mass is 19.4. The monoisotopic (exact) mass is 380 g/mol. The third kappa shape index (κ3) is 6.02. The highest BCUT2D eigenvalue weighted by Crippen LogP contribution is 2.21. The van der Waals surface area contributed by atoms with Gasteiger partial charge >= 0.3 is 12.1 Å². The molecule has 5 nitrogen and oxygen atoms in total. The Balaban J connectivity index is 1.92. The van der Waals surface area contributed by atoms with E-state index in [9.17, 15) is 22.8 Å². The number of benzene rings is 2. The second-order valence-electron chi connectivity index (χ2n) is 5.94. The lowest BCUT2D eigenvalue weighted by Crippen LogP contribution is -2.31. The first-order valence-corrected chi connectivity index (χ1v) is 8.09. The molecule has 2 aromatic rings. The zero-order valence-electron chi connectivity index (χ0n) is 14.8. The molecule has 0 aliphatic carbocycles. The zero-order chi connectivity index (χ0) is 20.0. The Morgan fingerprint density at radius 3 is 2.44 bits per heavy atom. The number of ether oxygens (including phenoxy) is 1. The molecule has 0 aromatic heterocycles. The number of nitrogens with one attached hydrogen (secondary N) is 2. The first kappa shape index (κ1) is 20.3. The van der Waals surface area contributed by atoms with Gasteiger partial charge in [0.25, 0.3) is 5.91 Å². The van der Waals surface area contributed by atoms with Crippen molar-refractivity contribution < 1.29 is 27.5 Å². The SMILES string of the molecule is Cc1ccc(OCC(=O)NCc2ccccc2NC(=O)C(F)(F)F)c(C)c1. The number of para-hydroxylation sites is 1. The van der Waals surface area contributed by atoms with Gasteiger partial charge in [-0.3, -0.25) is 9.59 Å². The first-order valence-electron chi connectivity index (χ1n) is 8.09. The lowest BCUT2D eigenvalue weighted by molar-refractivity contribution is -0.167. The highest BCUT2D eigenvalue weighted by molar-refractivity contribution is 5.95. The molecule has 27 heavy (non-hydrogen) atoms. The number of hydrogen-bond acceptors (Lipinski definition) is 3. The molecule has 0 atom stereocenters. The Morgan fingerprint density at radius 2 is 1.78 bits per heavy atom. The van der Waals surface area contributed by atoms with E-state index in [4.69, 9.17) is 4.74 Å². The summed E-state index contributed by atoms with van der Waals surface area (Å²) in [6, 6.07) is 11.5. The molecule has 0 spiro atoms. The average molecular weight is 380 g/mol. The predicted molar refractivity (Wildman–Crippen MR) is 94.4 cm³/mol. The van der Waals surface area contributed by atoms with Crippen LogP contribution in [-0.4, -0.2) is 24.6 Å². The first-order chi connectivity index (χ1) is 12.7. The average Bonchev–Trinajstić information content (AvgIpc) is 2.59. The maximum Gasteiger partial charge on any atom is 0.471 e. The van der Waals surface area contributed by atoms with Gasteiger partial charge in [-0.15, -0.1) is 0 Å². The van der Waals surface area contributed by atoms with Crippen molar-refractivity contribution in [1.82, 2.24) is 5.32 Å². The summed E-state index contributed by atoms with van der Waals surface area (Å²) in [6.45, 7) is 3.52. The molecule has 0 radical (unpaired) electrons. The van der Waals surface area contributed by atoms with Crippen LogP contribution in [0, 0.1) is 13.8 Å². The molecule has 0 bridgehead atoms. The van der Waals surface area contributed by atoms with E-state index >= 15 is 0 Å². The van der Waals surface area contributed by atoms with Crippen molar-refractivity contribution in [3.8, 4) is 5.75 Å². The van der Waals surface area contributed by atoms with Crippen LogP contribution in [0.3, 0.4) is 0 Å². The third-order valence-corrected chi connectivity index (χ3v) is 3.69. The fraction of sp³-hybridized carbons (Fsp3) is 0.263. The van der Waals surface area contributed by atoms with Crippen LogP contribution in [0.4, 0.5) is 18.9 Å². The van der Waals surface area contributed by atoms with Crippen molar-refractivity contribution in [1.29, 1.82) is 0 Å². The van der Waals surface area contributed by atoms with Crippen LogP contribution >= 0.6 is 0 Å². The molecule has 0 aliphatic rings. The fourth-order valence-corrected chi connectivity index (χ4v) is 2.34. The molecule has 0 fully saturated rings. The number of carbonyl (C=O) groups excluding carboxylic acids is 2.